The maximum absolute atomic E-state index is 11.9. The molecule has 0 fully saturated rings. The van der Waals surface area contributed by atoms with Gasteiger partial charge in [0.05, 0.1) is 17.3 Å². The Hall–Kier alpha value is -3.65. The Labute approximate surface area is 193 Å². The molecule has 0 aliphatic carbocycles. The number of ether oxygens (including phenoxy) is 1. The van der Waals surface area contributed by atoms with E-state index in [4.69, 9.17) is 9.72 Å². The summed E-state index contributed by atoms with van der Waals surface area (Å²) in [7, 11) is -3.71. The van der Waals surface area contributed by atoms with Crippen molar-refractivity contribution in [3.05, 3.63) is 84.2 Å². The predicted molar refractivity (Wildman–Crippen MR) is 129 cm³/mol. The smallest absolute Gasteiger partial charge is 0.409 e. The van der Waals surface area contributed by atoms with Crippen molar-refractivity contribution in [3.63, 3.8) is 0 Å². The molecule has 4 aromatic rings. The first kappa shape index (κ1) is 22.5. The Kier molecular flexibility index (Phi) is 6.46. The number of aromatic nitrogens is 2. The Balaban J connectivity index is 1.59. The molecule has 0 unspecified atom stereocenters. The first-order chi connectivity index (χ1) is 15.8. The lowest BCUT2D eigenvalue weighted by molar-refractivity contribution is 0.207. The molecule has 3 aromatic carbocycles. The van der Waals surface area contributed by atoms with Crippen molar-refractivity contribution in [1.29, 1.82) is 0 Å². The topological polar surface area (TPSA) is 90.3 Å². The zero-order valence-corrected chi connectivity index (χ0v) is 19.3. The summed E-state index contributed by atoms with van der Waals surface area (Å²) in [6, 6.07) is 23.1. The summed E-state index contributed by atoms with van der Waals surface area (Å²) in [6.45, 7) is 2.85. The summed E-state index contributed by atoms with van der Waals surface area (Å²) in [5, 5.41) is 0. The number of hydrogen-bond donors (Lipinski definition) is 1. The number of rotatable bonds is 7. The summed E-state index contributed by atoms with van der Waals surface area (Å²) in [5.41, 5.74) is 4.77. The molecule has 1 N–H and O–H groups in total. The third kappa shape index (κ3) is 5.40. The Bertz CT molecular complexity index is 1390. The van der Waals surface area contributed by atoms with E-state index in [-0.39, 0.29) is 5.75 Å². The van der Waals surface area contributed by atoms with Gasteiger partial charge < -0.3 is 9.30 Å². The van der Waals surface area contributed by atoms with Crippen LogP contribution in [0, 0.1) is 0 Å². The van der Waals surface area contributed by atoms with E-state index in [1.165, 1.54) is 0 Å². The number of sulfonamides is 1. The zero-order chi connectivity index (χ0) is 23.4. The van der Waals surface area contributed by atoms with Crippen LogP contribution in [0.5, 0.6) is 5.75 Å². The molecular weight excluding hydrogens is 438 g/mol. The maximum Gasteiger partial charge on any atom is 0.426 e. The van der Waals surface area contributed by atoms with Crippen molar-refractivity contribution in [2.24, 2.45) is 0 Å². The lowest BCUT2D eigenvalue weighted by Crippen LogP contribution is -2.32. The molecule has 0 aliphatic rings. The van der Waals surface area contributed by atoms with Crippen LogP contribution in [0.3, 0.4) is 0 Å². The number of nitrogens with zero attached hydrogens (tertiary/aromatic N) is 2. The van der Waals surface area contributed by atoms with Crippen LogP contribution in [0.4, 0.5) is 4.79 Å². The van der Waals surface area contributed by atoms with Gasteiger partial charge in [-0.3, -0.25) is 0 Å². The fourth-order valence-electron chi connectivity index (χ4n) is 3.75. The average molecular weight is 464 g/mol. The van der Waals surface area contributed by atoms with Gasteiger partial charge in [-0.1, -0.05) is 61.5 Å². The number of nitrogens with one attached hydrogen (secondary N) is 1. The largest absolute Gasteiger partial charge is 0.426 e. The molecule has 0 saturated carbocycles. The minimum absolute atomic E-state index is 0.275. The number of amides is 1. The predicted octanol–water partition coefficient (Wildman–Crippen LogP) is 4.75. The van der Waals surface area contributed by atoms with Gasteiger partial charge in [0.1, 0.15) is 11.6 Å². The normalized spacial score (nSPS) is 11.5. The molecule has 4 rings (SSSR count). The standard InChI is InChI=1S/C25H25N3O4S/c1-3-8-24-26-21-10-5-6-11-22(21)28(24)17-18-13-15-19(16-14-18)20-9-4-7-12-23(20)32-25(29)27-33(2,30)31/h4-7,9-16H,3,8,17H2,1-2H3,(H,27,29). The quantitative estimate of drug-likeness (QED) is 0.427. The molecule has 1 aromatic heterocycles. The van der Waals surface area contributed by atoms with Crippen molar-refractivity contribution in [2.75, 3.05) is 6.26 Å². The minimum atomic E-state index is -3.71. The highest BCUT2D eigenvalue weighted by Crippen LogP contribution is 2.30. The summed E-state index contributed by atoms with van der Waals surface area (Å²) < 4.78 is 31.9. The molecule has 0 aliphatic heterocycles. The Morgan fingerprint density at radius 3 is 2.42 bits per heavy atom. The van der Waals surface area contributed by atoms with Crippen LogP contribution in [0.25, 0.3) is 22.2 Å². The Morgan fingerprint density at radius 1 is 1.00 bits per heavy atom. The van der Waals surface area contributed by atoms with E-state index in [0.29, 0.717) is 12.1 Å². The van der Waals surface area contributed by atoms with Gasteiger partial charge in [0.2, 0.25) is 10.0 Å². The van der Waals surface area contributed by atoms with Gasteiger partial charge in [0.15, 0.2) is 0 Å². The molecule has 1 amide bonds. The number of aryl methyl sites for hydroxylation is 1. The SMILES string of the molecule is CCCc1nc2ccccc2n1Cc1ccc(-c2ccccc2OC(=O)NS(C)(=O)=O)cc1. The minimum Gasteiger partial charge on any atom is -0.409 e. The lowest BCUT2D eigenvalue weighted by Gasteiger charge is -2.12. The molecule has 0 bridgehead atoms. The number of benzene rings is 3. The van der Waals surface area contributed by atoms with Crippen LogP contribution in [0.15, 0.2) is 72.8 Å². The summed E-state index contributed by atoms with van der Waals surface area (Å²) in [5.74, 6) is 1.34. The summed E-state index contributed by atoms with van der Waals surface area (Å²) in [4.78, 5) is 16.7. The second-order valence-electron chi connectivity index (χ2n) is 7.81. The monoisotopic (exact) mass is 463 g/mol. The second-order valence-corrected chi connectivity index (χ2v) is 9.56. The number of fused-ring (bicyclic) bond motifs is 1. The molecule has 0 atom stereocenters. The zero-order valence-electron chi connectivity index (χ0n) is 18.5. The van der Waals surface area contributed by atoms with Gasteiger partial charge in [-0.25, -0.2) is 22.9 Å². The van der Waals surface area contributed by atoms with Gasteiger partial charge in [0.25, 0.3) is 0 Å². The molecule has 1 heterocycles. The van der Waals surface area contributed by atoms with Crippen molar-refractivity contribution in [1.82, 2.24) is 14.3 Å². The molecule has 0 radical (unpaired) electrons. The fraction of sp³-hybridized carbons (Fsp3) is 0.200. The van der Waals surface area contributed by atoms with Crippen LogP contribution in [0.1, 0.15) is 24.7 Å². The van der Waals surface area contributed by atoms with E-state index in [9.17, 15) is 13.2 Å². The van der Waals surface area contributed by atoms with Crippen molar-refractivity contribution >= 4 is 27.1 Å². The molecule has 170 valence electrons. The summed E-state index contributed by atoms with van der Waals surface area (Å²) >= 11 is 0. The first-order valence-corrected chi connectivity index (χ1v) is 12.6. The number of carbonyl (C=O) groups is 1. The third-order valence-electron chi connectivity index (χ3n) is 5.17. The second kappa shape index (κ2) is 9.46. The van der Waals surface area contributed by atoms with E-state index >= 15 is 0 Å². The molecular formula is C25H25N3O4S. The van der Waals surface area contributed by atoms with E-state index in [2.05, 4.69) is 17.6 Å². The van der Waals surface area contributed by atoms with Gasteiger partial charge in [-0.05, 0) is 35.7 Å². The lowest BCUT2D eigenvalue weighted by atomic mass is 10.0. The van der Waals surface area contributed by atoms with Crippen molar-refractivity contribution in [3.8, 4) is 16.9 Å². The average Bonchev–Trinajstić information content (AvgIpc) is 3.11. The van der Waals surface area contributed by atoms with Crippen LogP contribution in [-0.4, -0.2) is 30.3 Å². The van der Waals surface area contributed by atoms with Gasteiger partial charge in [0, 0.05) is 18.5 Å². The maximum atomic E-state index is 11.9. The van der Waals surface area contributed by atoms with Crippen LogP contribution in [-0.2, 0) is 23.0 Å². The van der Waals surface area contributed by atoms with Crippen LogP contribution < -0.4 is 9.46 Å². The van der Waals surface area contributed by atoms with Crippen LogP contribution in [0.2, 0.25) is 0 Å². The van der Waals surface area contributed by atoms with E-state index in [1.807, 2.05) is 59.3 Å². The molecule has 8 heteroatoms. The van der Waals surface area contributed by atoms with E-state index < -0.39 is 16.1 Å². The van der Waals surface area contributed by atoms with Crippen molar-refractivity contribution < 1.29 is 17.9 Å². The fourth-order valence-corrected chi connectivity index (χ4v) is 4.10. The van der Waals surface area contributed by atoms with Gasteiger partial charge in [-0.2, -0.15) is 0 Å². The Morgan fingerprint density at radius 2 is 1.70 bits per heavy atom. The molecule has 7 nitrogen and oxygen atoms in total. The number of hydrogen-bond acceptors (Lipinski definition) is 5. The molecule has 0 spiro atoms. The highest BCUT2D eigenvalue weighted by molar-refractivity contribution is 7.89. The number of imidazole rings is 1. The molecule has 0 saturated heterocycles. The van der Waals surface area contributed by atoms with E-state index in [0.717, 1.165) is 47.1 Å². The first-order valence-electron chi connectivity index (χ1n) is 10.7. The number of carbonyl (C=O) groups excluding carboxylic acids is 1. The molecule has 33 heavy (non-hydrogen) atoms. The van der Waals surface area contributed by atoms with Gasteiger partial charge in [-0.15, -0.1) is 0 Å². The third-order valence-corrected chi connectivity index (χ3v) is 5.71. The number of para-hydroxylation sites is 3. The van der Waals surface area contributed by atoms with E-state index in [1.54, 1.807) is 12.1 Å². The highest BCUT2D eigenvalue weighted by Gasteiger charge is 2.14. The van der Waals surface area contributed by atoms with Crippen LogP contribution >= 0.6 is 0 Å². The summed E-state index contributed by atoms with van der Waals surface area (Å²) in [6.07, 6.45) is 1.78. The van der Waals surface area contributed by atoms with Gasteiger partial charge >= 0.3 is 6.09 Å². The van der Waals surface area contributed by atoms with Crippen molar-refractivity contribution in [2.45, 2.75) is 26.3 Å². The highest BCUT2D eigenvalue weighted by atomic mass is 32.2.